The minimum atomic E-state index is -0.118. The molecule has 2 bridgehead atoms. The molecular formula is C34H36ClN3O3. The molecule has 1 aromatic heterocycles. The average Bonchev–Trinajstić information content (AvgIpc) is 2.99. The van der Waals surface area contributed by atoms with Gasteiger partial charge in [0.05, 0.1) is 10.6 Å². The summed E-state index contributed by atoms with van der Waals surface area (Å²) in [4.78, 5) is 16.9. The van der Waals surface area contributed by atoms with E-state index in [1.807, 2.05) is 36.4 Å². The molecule has 6 nitrogen and oxygen atoms in total. The molecule has 1 amide bonds. The maximum Gasteiger partial charge on any atom is 0.252 e. The van der Waals surface area contributed by atoms with Crippen molar-refractivity contribution < 1.29 is 14.3 Å². The topological polar surface area (TPSA) is 72.5 Å². The molecule has 212 valence electrons. The van der Waals surface area contributed by atoms with Gasteiger partial charge in [-0.15, -0.1) is 0 Å². The molecule has 0 unspecified atom stereocenters. The molecule has 5 rings (SSSR count). The number of hydrogen-bond donors (Lipinski definition) is 2. The third-order valence-corrected chi connectivity index (χ3v) is 7.77. The first kappa shape index (κ1) is 28.7. The lowest BCUT2D eigenvalue weighted by atomic mass is 9.97. The Kier molecular flexibility index (Phi) is 9.55. The number of hydrogen-bond acceptors (Lipinski definition) is 5. The van der Waals surface area contributed by atoms with Gasteiger partial charge in [0.25, 0.3) is 5.91 Å². The first-order valence-electron chi connectivity index (χ1n) is 14.2. The van der Waals surface area contributed by atoms with Crippen LogP contribution in [0.1, 0.15) is 58.8 Å². The quantitative estimate of drug-likeness (QED) is 0.270. The highest BCUT2D eigenvalue weighted by atomic mass is 35.5. The minimum absolute atomic E-state index is 0.118. The van der Waals surface area contributed by atoms with Crippen molar-refractivity contribution in [2.45, 2.75) is 58.9 Å². The Morgan fingerprint density at radius 2 is 1.88 bits per heavy atom. The fourth-order valence-electron chi connectivity index (χ4n) is 5.00. The third kappa shape index (κ3) is 7.46. The van der Waals surface area contributed by atoms with Crippen molar-refractivity contribution in [1.82, 2.24) is 15.6 Å². The van der Waals surface area contributed by atoms with Crippen LogP contribution in [0.15, 0.2) is 79.1 Å². The molecule has 2 N–H and O–H groups in total. The lowest BCUT2D eigenvalue weighted by Gasteiger charge is -2.19. The molecule has 0 fully saturated rings. The summed E-state index contributed by atoms with van der Waals surface area (Å²) in [6.07, 6.45) is 6.23. The third-order valence-electron chi connectivity index (χ3n) is 7.47. The number of nitrogens with one attached hydrogen (secondary N) is 2. The van der Waals surface area contributed by atoms with E-state index < -0.39 is 0 Å². The van der Waals surface area contributed by atoms with Gasteiger partial charge in [-0.2, -0.15) is 0 Å². The van der Waals surface area contributed by atoms with E-state index >= 15 is 0 Å². The molecule has 0 aliphatic carbocycles. The second-order valence-corrected chi connectivity index (χ2v) is 10.9. The zero-order valence-corrected chi connectivity index (χ0v) is 24.3. The van der Waals surface area contributed by atoms with Crippen LogP contribution >= 0.6 is 11.6 Å². The second-order valence-electron chi connectivity index (χ2n) is 10.5. The highest BCUT2D eigenvalue weighted by Gasteiger charge is 2.15. The number of carbonyl (C=O) groups is 1. The van der Waals surface area contributed by atoms with Gasteiger partial charge < -0.3 is 20.1 Å². The molecule has 0 saturated heterocycles. The normalized spacial score (nSPS) is 16.3. The zero-order valence-electron chi connectivity index (χ0n) is 23.6. The van der Waals surface area contributed by atoms with Crippen molar-refractivity contribution in [2.75, 3.05) is 6.54 Å². The van der Waals surface area contributed by atoms with E-state index in [-0.39, 0.29) is 12.5 Å². The molecule has 2 heterocycles. The molecule has 0 saturated carbocycles. The van der Waals surface area contributed by atoms with E-state index in [1.54, 1.807) is 12.4 Å². The van der Waals surface area contributed by atoms with Crippen LogP contribution in [-0.2, 0) is 19.8 Å². The predicted octanol–water partition coefficient (Wildman–Crippen LogP) is 7.26. The Morgan fingerprint density at radius 1 is 1.02 bits per heavy atom. The summed E-state index contributed by atoms with van der Waals surface area (Å²) in [5, 5.41) is 7.12. The number of pyridine rings is 1. The summed E-state index contributed by atoms with van der Waals surface area (Å²) >= 11 is 6.75. The summed E-state index contributed by atoms with van der Waals surface area (Å²) in [7, 11) is 0. The van der Waals surface area contributed by atoms with E-state index in [0.29, 0.717) is 47.8 Å². The van der Waals surface area contributed by atoms with E-state index in [1.165, 1.54) is 16.7 Å². The van der Waals surface area contributed by atoms with Gasteiger partial charge in [0, 0.05) is 48.7 Å². The Labute approximate surface area is 247 Å². The SMILES string of the molecule is Cc1c(COc2cc3c(cc2Cl)CN[C@H](C)CCCCNC(=O)c2cncc(c2)CO3)cccc1-c1ccccc1. The van der Waals surface area contributed by atoms with Crippen LogP contribution in [0.25, 0.3) is 11.1 Å². The molecule has 0 spiro atoms. The molecule has 4 aromatic rings. The Balaban J connectivity index is 1.39. The number of fused-ring (bicyclic) bond motifs is 3. The fraction of sp³-hybridized carbons (Fsp3) is 0.294. The largest absolute Gasteiger partial charge is 0.488 e. The van der Waals surface area contributed by atoms with Crippen LogP contribution in [0.3, 0.4) is 0 Å². The van der Waals surface area contributed by atoms with Gasteiger partial charge >= 0.3 is 0 Å². The summed E-state index contributed by atoms with van der Waals surface area (Å²) in [6.45, 7) is 6.18. The van der Waals surface area contributed by atoms with Crippen LogP contribution < -0.4 is 20.1 Å². The first-order chi connectivity index (χ1) is 20.0. The molecular weight excluding hydrogens is 534 g/mol. The summed E-state index contributed by atoms with van der Waals surface area (Å²) < 4.78 is 12.6. The second kappa shape index (κ2) is 13.7. The number of amides is 1. The van der Waals surface area contributed by atoms with E-state index in [9.17, 15) is 4.79 Å². The lowest BCUT2D eigenvalue weighted by molar-refractivity contribution is 0.0952. The number of benzene rings is 3. The van der Waals surface area contributed by atoms with Crippen molar-refractivity contribution in [3.63, 3.8) is 0 Å². The molecule has 41 heavy (non-hydrogen) atoms. The number of rotatable bonds is 4. The minimum Gasteiger partial charge on any atom is -0.488 e. The van der Waals surface area contributed by atoms with Gasteiger partial charge in [0.15, 0.2) is 0 Å². The summed E-state index contributed by atoms with van der Waals surface area (Å²) in [5.74, 6) is 1.12. The molecule has 3 aromatic carbocycles. The number of carbonyl (C=O) groups excluding carboxylic acids is 1. The van der Waals surface area contributed by atoms with Crippen molar-refractivity contribution in [1.29, 1.82) is 0 Å². The molecule has 1 aliphatic heterocycles. The molecule has 1 aliphatic rings. The number of ether oxygens (including phenoxy) is 2. The summed E-state index contributed by atoms with van der Waals surface area (Å²) in [6, 6.07) is 22.5. The maximum absolute atomic E-state index is 12.6. The monoisotopic (exact) mass is 569 g/mol. The Morgan fingerprint density at radius 3 is 2.73 bits per heavy atom. The fourth-order valence-corrected chi connectivity index (χ4v) is 5.24. The van der Waals surface area contributed by atoms with Crippen LogP contribution in [-0.4, -0.2) is 23.5 Å². The number of nitrogens with zero attached hydrogens (tertiary/aromatic N) is 1. The zero-order chi connectivity index (χ0) is 28.6. The summed E-state index contributed by atoms with van der Waals surface area (Å²) in [5.41, 5.74) is 6.91. The smallest absolute Gasteiger partial charge is 0.252 e. The van der Waals surface area contributed by atoms with Crippen molar-refractivity contribution >= 4 is 17.5 Å². The highest BCUT2D eigenvalue weighted by molar-refractivity contribution is 6.32. The predicted molar refractivity (Wildman–Crippen MR) is 163 cm³/mol. The standard InChI is InChI=1S/C34H36ClN3O3/c1-23-9-6-7-14-37-34(39)29-15-25(18-36-19-29)21-40-32-17-33(31(35)16-28(32)20-38-23)41-22-27-12-8-13-30(24(27)2)26-10-4-3-5-11-26/h3-5,8,10-13,15-19,23,38H,6-7,9,14,20-22H2,1-2H3,(H,37,39)/t23-/m1/s1. The number of halogens is 1. The van der Waals surface area contributed by atoms with Gasteiger partial charge in [-0.1, -0.05) is 66.6 Å². The van der Waals surface area contributed by atoms with E-state index in [0.717, 1.165) is 36.0 Å². The van der Waals surface area contributed by atoms with Gasteiger partial charge in [-0.05, 0) is 61.1 Å². The van der Waals surface area contributed by atoms with Crippen LogP contribution in [0, 0.1) is 6.92 Å². The van der Waals surface area contributed by atoms with E-state index in [2.05, 4.69) is 59.8 Å². The number of aromatic nitrogens is 1. The Hall–Kier alpha value is -3.87. The van der Waals surface area contributed by atoms with Crippen molar-refractivity contribution in [3.05, 3.63) is 112 Å². The van der Waals surface area contributed by atoms with Crippen LogP contribution in [0.4, 0.5) is 0 Å². The Bertz CT molecular complexity index is 1490. The molecule has 1 atom stereocenters. The first-order valence-corrected chi connectivity index (χ1v) is 14.5. The molecule has 7 heteroatoms. The maximum atomic E-state index is 12.6. The van der Waals surface area contributed by atoms with E-state index in [4.69, 9.17) is 21.1 Å². The lowest BCUT2D eigenvalue weighted by Crippen LogP contribution is -2.27. The highest BCUT2D eigenvalue weighted by Crippen LogP contribution is 2.35. The van der Waals surface area contributed by atoms with Gasteiger partial charge in [0.1, 0.15) is 24.7 Å². The van der Waals surface area contributed by atoms with Gasteiger partial charge in [-0.25, -0.2) is 0 Å². The van der Waals surface area contributed by atoms with Gasteiger partial charge in [-0.3, -0.25) is 9.78 Å². The van der Waals surface area contributed by atoms with Crippen LogP contribution in [0.5, 0.6) is 11.5 Å². The van der Waals surface area contributed by atoms with Gasteiger partial charge in [0.2, 0.25) is 0 Å². The molecule has 0 radical (unpaired) electrons. The van der Waals surface area contributed by atoms with Crippen molar-refractivity contribution in [2.24, 2.45) is 0 Å². The average molecular weight is 570 g/mol. The van der Waals surface area contributed by atoms with Crippen molar-refractivity contribution in [3.8, 4) is 22.6 Å². The van der Waals surface area contributed by atoms with Crippen LogP contribution in [0.2, 0.25) is 5.02 Å².